The van der Waals surface area contributed by atoms with Crippen molar-refractivity contribution in [3.63, 3.8) is 0 Å². The fourth-order valence-electron chi connectivity index (χ4n) is 3.59. The Hall–Kier alpha value is -2.39. The summed E-state index contributed by atoms with van der Waals surface area (Å²) >= 11 is 7.54. The zero-order chi connectivity index (χ0) is 23.6. The molecule has 0 radical (unpaired) electrons. The highest BCUT2D eigenvalue weighted by molar-refractivity contribution is 7.89. The number of thiophene rings is 1. The molecule has 1 aromatic heterocycles. The molecule has 0 saturated carbocycles. The molecule has 174 valence electrons. The summed E-state index contributed by atoms with van der Waals surface area (Å²) in [7, 11) is -3.56. The van der Waals surface area contributed by atoms with Crippen molar-refractivity contribution < 1.29 is 17.9 Å². The number of sulfonamides is 1. The predicted octanol–water partition coefficient (Wildman–Crippen LogP) is 4.74. The van der Waals surface area contributed by atoms with Crippen LogP contribution in [0.5, 0.6) is 5.75 Å². The monoisotopic (exact) mass is 504 g/mol. The number of rotatable bonds is 6. The second-order valence-corrected chi connectivity index (χ2v) is 11.3. The lowest BCUT2D eigenvalue weighted by Crippen LogP contribution is -2.50. The maximum absolute atomic E-state index is 13.0. The molecule has 2 heterocycles. The Morgan fingerprint density at radius 2 is 1.67 bits per heavy atom. The molecule has 0 bridgehead atoms. The lowest BCUT2D eigenvalue weighted by molar-refractivity contribution is 0.0702. The van der Waals surface area contributed by atoms with Crippen molar-refractivity contribution in [2.75, 3.05) is 26.2 Å². The summed E-state index contributed by atoms with van der Waals surface area (Å²) in [5.41, 5.74) is 2.95. The standard InChI is InChI=1S/C24H25ClN2O4S2/c1-17-3-6-20(7-4-17)33(29,30)27-11-9-26(10-12-27)24(28)23-14-19(16-32-23)15-31-22-13-18(2)5-8-21(22)25/h3-8,13-14,16H,9-12,15H2,1-2H3. The van der Waals surface area contributed by atoms with Gasteiger partial charge >= 0.3 is 0 Å². The SMILES string of the molecule is Cc1ccc(S(=O)(=O)N2CCN(C(=O)c3cc(COc4cc(C)ccc4Cl)cs3)CC2)cc1. The van der Waals surface area contributed by atoms with Crippen LogP contribution in [-0.4, -0.2) is 49.7 Å². The number of benzene rings is 2. The van der Waals surface area contributed by atoms with Crippen LogP contribution >= 0.6 is 22.9 Å². The second kappa shape index (κ2) is 9.85. The van der Waals surface area contributed by atoms with E-state index in [0.717, 1.165) is 16.7 Å². The summed E-state index contributed by atoms with van der Waals surface area (Å²) in [5, 5.41) is 2.44. The van der Waals surface area contributed by atoms with Gasteiger partial charge in [-0.1, -0.05) is 35.4 Å². The molecule has 2 aromatic carbocycles. The van der Waals surface area contributed by atoms with Crippen molar-refractivity contribution in [3.05, 3.63) is 80.5 Å². The molecule has 3 aromatic rings. The van der Waals surface area contributed by atoms with Crippen molar-refractivity contribution in [1.82, 2.24) is 9.21 Å². The van der Waals surface area contributed by atoms with Crippen LogP contribution in [0.15, 0.2) is 58.8 Å². The highest BCUT2D eigenvalue weighted by Gasteiger charge is 2.30. The number of hydrogen-bond donors (Lipinski definition) is 0. The molecule has 1 amide bonds. The van der Waals surface area contributed by atoms with Gasteiger partial charge in [-0.05, 0) is 55.1 Å². The van der Waals surface area contributed by atoms with Crippen LogP contribution in [0.1, 0.15) is 26.4 Å². The van der Waals surface area contributed by atoms with Crippen molar-refractivity contribution >= 4 is 38.9 Å². The van der Waals surface area contributed by atoms with Gasteiger partial charge in [0.25, 0.3) is 5.91 Å². The first-order valence-corrected chi connectivity index (χ1v) is 13.3. The van der Waals surface area contributed by atoms with Gasteiger partial charge in [-0.3, -0.25) is 4.79 Å². The van der Waals surface area contributed by atoms with Gasteiger partial charge in [-0.15, -0.1) is 11.3 Å². The van der Waals surface area contributed by atoms with E-state index in [2.05, 4.69) is 0 Å². The molecule has 0 unspecified atom stereocenters. The predicted molar refractivity (Wildman–Crippen MR) is 131 cm³/mol. The van der Waals surface area contributed by atoms with Gasteiger partial charge in [0, 0.05) is 31.7 Å². The van der Waals surface area contributed by atoms with Gasteiger partial charge in [0.2, 0.25) is 10.0 Å². The third-order valence-corrected chi connectivity index (χ3v) is 8.72. The maximum atomic E-state index is 13.0. The first kappa shape index (κ1) is 23.8. The van der Waals surface area contributed by atoms with E-state index in [-0.39, 0.29) is 23.9 Å². The number of amides is 1. The molecule has 4 rings (SSSR count). The number of carbonyl (C=O) groups excluding carboxylic acids is 1. The van der Waals surface area contributed by atoms with E-state index in [4.69, 9.17) is 16.3 Å². The van der Waals surface area contributed by atoms with Crippen molar-refractivity contribution in [2.45, 2.75) is 25.3 Å². The first-order valence-electron chi connectivity index (χ1n) is 10.6. The zero-order valence-corrected chi connectivity index (χ0v) is 20.8. The summed E-state index contributed by atoms with van der Waals surface area (Å²) in [6.07, 6.45) is 0. The lowest BCUT2D eigenvalue weighted by atomic mass is 10.2. The topological polar surface area (TPSA) is 66.9 Å². The van der Waals surface area contributed by atoms with Crippen LogP contribution in [0.25, 0.3) is 0 Å². The van der Waals surface area contributed by atoms with Gasteiger partial charge in [0.15, 0.2) is 0 Å². The average molecular weight is 505 g/mol. The van der Waals surface area contributed by atoms with E-state index >= 15 is 0 Å². The minimum atomic E-state index is -3.56. The highest BCUT2D eigenvalue weighted by atomic mass is 35.5. The molecule has 1 aliphatic heterocycles. The number of piperazine rings is 1. The van der Waals surface area contributed by atoms with E-state index in [0.29, 0.717) is 35.3 Å². The Labute approximate surface area is 203 Å². The minimum Gasteiger partial charge on any atom is -0.487 e. The molecule has 0 spiro atoms. The van der Waals surface area contributed by atoms with E-state index in [1.54, 1.807) is 35.2 Å². The molecule has 1 fully saturated rings. The van der Waals surface area contributed by atoms with Crippen molar-refractivity contribution in [2.24, 2.45) is 0 Å². The maximum Gasteiger partial charge on any atom is 0.264 e. The normalized spacial score (nSPS) is 14.9. The Bertz CT molecular complexity index is 1250. The third-order valence-electron chi connectivity index (χ3n) is 5.53. The Morgan fingerprint density at radius 1 is 1.00 bits per heavy atom. The van der Waals surface area contributed by atoms with Crippen LogP contribution in [0.4, 0.5) is 0 Å². The summed E-state index contributed by atoms with van der Waals surface area (Å²) in [4.78, 5) is 15.6. The molecule has 1 aliphatic rings. The van der Waals surface area contributed by atoms with Crippen molar-refractivity contribution in [1.29, 1.82) is 0 Å². The number of hydrogen-bond acceptors (Lipinski definition) is 5. The van der Waals surface area contributed by atoms with Gasteiger partial charge in [0.05, 0.1) is 14.8 Å². The Morgan fingerprint density at radius 3 is 2.36 bits per heavy atom. The highest BCUT2D eigenvalue weighted by Crippen LogP contribution is 2.27. The van der Waals surface area contributed by atoms with E-state index < -0.39 is 10.0 Å². The molecule has 1 saturated heterocycles. The zero-order valence-electron chi connectivity index (χ0n) is 18.5. The van der Waals surface area contributed by atoms with Crippen LogP contribution in [0.3, 0.4) is 0 Å². The Kier molecular flexibility index (Phi) is 7.09. The van der Waals surface area contributed by atoms with Gasteiger partial charge in [-0.25, -0.2) is 8.42 Å². The molecule has 9 heteroatoms. The number of halogens is 1. The van der Waals surface area contributed by atoms with Gasteiger partial charge in [0.1, 0.15) is 12.4 Å². The van der Waals surface area contributed by atoms with Gasteiger partial charge in [-0.2, -0.15) is 4.31 Å². The number of aryl methyl sites for hydroxylation is 2. The van der Waals surface area contributed by atoms with Gasteiger partial charge < -0.3 is 9.64 Å². The summed E-state index contributed by atoms with van der Waals surface area (Å²) in [6, 6.07) is 14.3. The quantitative estimate of drug-likeness (QED) is 0.486. The van der Waals surface area contributed by atoms with Crippen LogP contribution in [-0.2, 0) is 16.6 Å². The fourth-order valence-corrected chi connectivity index (χ4v) is 6.05. The third kappa shape index (κ3) is 5.41. The Balaban J connectivity index is 1.35. The van der Waals surface area contributed by atoms with Crippen LogP contribution in [0.2, 0.25) is 5.02 Å². The van der Waals surface area contributed by atoms with Crippen LogP contribution in [0, 0.1) is 13.8 Å². The molecule has 33 heavy (non-hydrogen) atoms. The minimum absolute atomic E-state index is 0.0905. The van der Waals surface area contributed by atoms with E-state index in [1.165, 1.54) is 15.6 Å². The summed E-state index contributed by atoms with van der Waals surface area (Å²) < 4.78 is 33.0. The second-order valence-electron chi connectivity index (χ2n) is 8.05. The van der Waals surface area contributed by atoms with E-state index in [1.807, 2.05) is 37.4 Å². The number of carbonyl (C=O) groups is 1. The molecular weight excluding hydrogens is 480 g/mol. The molecular formula is C24H25ClN2O4S2. The summed E-state index contributed by atoms with van der Waals surface area (Å²) in [5.74, 6) is 0.522. The summed E-state index contributed by atoms with van der Waals surface area (Å²) in [6.45, 7) is 5.45. The smallest absolute Gasteiger partial charge is 0.264 e. The van der Waals surface area contributed by atoms with Crippen LogP contribution < -0.4 is 4.74 Å². The largest absolute Gasteiger partial charge is 0.487 e. The lowest BCUT2D eigenvalue weighted by Gasteiger charge is -2.33. The number of ether oxygens (including phenoxy) is 1. The first-order chi connectivity index (χ1) is 15.7. The average Bonchev–Trinajstić information content (AvgIpc) is 3.28. The number of nitrogens with zero attached hydrogens (tertiary/aromatic N) is 2. The molecule has 0 aliphatic carbocycles. The van der Waals surface area contributed by atoms with E-state index in [9.17, 15) is 13.2 Å². The molecule has 0 N–H and O–H groups in total. The fraction of sp³-hybridized carbons (Fsp3) is 0.292. The van der Waals surface area contributed by atoms with Crippen molar-refractivity contribution in [3.8, 4) is 5.75 Å². The molecule has 6 nitrogen and oxygen atoms in total. The molecule has 0 atom stereocenters.